The summed E-state index contributed by atoms with van der Waals surface area (Å²) in [6.07, 6.45) is -1.37. The van der Waals surface area contributed by atoms with Crippen LogP contribution in [0.5, 0.6) is 11.5 Å². The first kappa shape index (κ1) is 13.0. The number of aliphatic hydroxyl groups excluding tert-OH is 1. The third-order valence-electron chi connectivity index (χ3n) is 3.84. The molecule has 0 spiro atoms. The van der Waals surface area contributed by atoms with Gasteiger partial charge in [0, 0.05) is 17.0 Å². The van der Waals surface area contributed by atoms with E-state index in [9.17, 15) is 9.90 Å². The van der Waals surface area contributed by atoms with Gasteiger partial charge >= 0.3 is 5.97 Å². The molecule has 22 heavy (non-hydrogen) atoms. The Labute approximate surface area is 125 Å². The summed E-state index contributed by atoms with van der Waals surface area (Å²) in [6, 6.07) is 6.96. The van der Waals surface area contributed by atoms with E-state index < -0.39 is 12.3 Å². The Kier molecular flexibility index (Phi) is 2.58. The maximum atomic E-state index is 12.0. The highest BCUT2D eigenvalue weighted by Gasteiger charge is 2.38. The Morgan fingerprint density at radius 2 is 2.00 bits per heavy atom. The number of rotatable bonds is 2. The van der Waals surface area contributed by atoms with Crippen LogP contribution in [0.4, 0.5) is 0 Å². The molecule has 0 saturated heterocycles. The molecule has 2 heterocycles. The van der Waals surface area contributed by atoms with Crippen molar-refractivity contribution in [3.8, 4) is 11.5 Å². The van der Waals surface area contributed by atoms with E-state index in [0.29, 0.717) is 28.0 Å². The van der Waals surface area contributed by atoms with Gasteiger partial charge in [0.15, 0.2) is 5.76 Å². The molecule has 2 aliphatic heterocycles. The SMILES string of the molecule is COC1=C2OC(=O)c3ccc4cc(OC)cc(c4c32)OC1O. The highest BCUT2D eigenvalue weighted by atomic mass is 16.6. The first-order chi connectivity index (χ1) is 10.6. The van der Waals surface area contributed by atoms with Gasteiger partial charge in [0.25, 0.3) is 6.29 Å². The summed E-state index contributed by atoms with van der Waals surface area (Å²) in [6.45, 7) is 0. The molecule has 2 aromatic rings. The Morgan fingerprint density at radius 1 is 1.18 bits per heavy atom. The van der Waals surface area contributed by atoms with Crippen LogP contribution in [0.3, 0.4) is 0 Å². The average molecular weight is 300 g/mol. The van der Waals surface area contributed by atoms with Crippen LogP contribution >= 0.6 is 0 Å². The second-order valence-corrected chi connectivity index (χ2v) is 4.97. The molecular formula is C16H12O6. The van der Waals surface area contributed by atoms with Crippen LogP contribution in [0, 0.1) is 0 Å². The summed E-state index contributed by atoms with van der Waals surface area (Å²) < 4.78 is 21.3. The van der Waals surface area contributed by atoms with Gasteiger partial charge in [0.05, 0.1) is 19.8 Å². The van der Waals surface area contributed by atoms with Crippen molar-refractivity contribution in [3.05, 3.63) is 41.2 Å². The van der Waals surface area contributed by atoms with Gasteiger partial charge < -0.3 is 24.1 Å². The van der Waals surface area contributed by atoms with Gasteiger partial charge in [-0.1, -0.05) is 6.07 Å². The van der Waals surface area contributed by atoms with Crippen molar-refractivity contribution < 1.29 is 28.8 Å². The summed E-state index contributed by atoms with van der Waals surface area (Å²) in [5, 5.41) is 11.7. The monoisotopic (exact) mass is 300 g/mol. The fourth-order valence-corrected chi connectivity index (χ4v) is 2.87. The Bertz CT molecular complexity index is 851. The van der Waals surface area contributed by atoms with Crippen LogP contribution in [-0.2, 0) is 9.47 Å². The zero-order chi connectivity index (χ0) is 15.4. The van der Waals surface area contributed by atoms with Crippen LogP contribution in [0.1, 0.15) is 15.9 Å². The van der Waals surface area contributed by atoms with Crippen molar-refractivity contribution in [2.75, 3.05) is 14.2 Å². The minimum absolute atomic E-state index is 0.0646. The van der Waals surface area contributed by atoms with Crippen molar-refractivity contribution in [2.24, 2.45) is 0 Å². The van der Waals surface area contributed by atoms with Gasteiger partial charge in [-0.2, -0.15) is 0 Å². The van der Waals surface area contributed by atoms with Gasteiger partial charge in [-0.25, -0.2) is 4.79 Å². The summed E-state index contributed by atoms with van der Waals surface area (Å²) in [4.78, 5) is 12.0. The molecule has 6 heteroatoms. The van der Waals surface area contributed by atoms with Crippen LogP contribution in [0.15, 0.2) is 30.0 Å². The fraction of sp³-hybridized carbons (Fsp3) is 0.188. The molecule has 2 aromatic carbocycles. The van der Waals surface area contributed by atoms with E-state index in [0.717, 1.165) is 5.39 Å². The maximum absolute atomic E-state index is 12.0. The quantitative estimate of drug-likeness (QED) is 0.856. The second-order valence-electron chi connectivity index (χ2n) is 4.97. The number of aliphatic hydroxyl groups is 1. The molecule has 6 nitrogen and oxygen atoms in total. The van der Waals surface area contributed by atoms with Crippen LogP contribution in [0.2, 0.25) is 0 Å². The molecular weight excluding hydrogens is 288 g/mol. The van der Waals surface area contributed by atoms with Crippen LogP contribution < -0.4 is 9.47 Å². The standard InChI is InChI=1S/C16H12O6/c1-19-8-5-7-3-4-9-12-11(7)10(6-8)21-16(18)14(20-2)13(12)22-15(9)17/h3-6,16,18H,1-2H3. The topological polar surface area (TPSA) is 74.2 Å². The van der Waals surface area contributed by atoms with Crippen molar-refractivity contribution >= 4 is 22.5 Å². The lowest BCUT2D eigenvalue weighted by Crippen LogP contribution is -2.20. The van der Waals surface area contributed by atoms with E-state index in [2.05, 4.69) is 0 Å². The number of ether oxygens (including phenoxy) is 4. The van der Waals surface area contributed by atoms with Gasteiger partial charge in [-0.05, 0) is 17.5 Å². The number of benzene rings is 2. The molecule has 0 saturated carbocycles. The minimum atomic E-state index is -1.37. The number of esters is 1. The lowest BCUT2D eigenvalue weighted by atomic mass is 9.98. The molecule has 4 rings (SSSR count). The molecule has 0 radical (unpaired) electrons. The molecule has 2 aliphatic rings. The molecule has 0 bridgehead atoms. The highest BCUT2D eigenvalue weighted by molar-refractivity contribution is 6.13. The molecule has 0 amide bonds. The average Bonchev–Trinajstić information content (AvgIpc) is 2.78. The molecule has 0 aliphatic carbocycles. The number of carbonyl (C=O) groups is 1. The van der Waals surface area contributed by atoms with E-state index in [1.807, 2.05) is 6.07 Å². The number of carbonyl (C=O) groups excluding carboxylic acids is 1. The van der Waals surface area contributed by atoms with Crippen molar-refractivity contribution in [3.63, 3.8) is 0 Å². The lowest BCUT2D eigenvalue weighted by Gasteiger charge is -2.15. The summed E-state index contributed by atoms with van der Waals surface area (Å²) in [7, 11) is 2.93. The van der Waals surface area contributed by atoms with Gasteiger partial charge in [0.1, 0.15) is 11.5 Å². The third kappa shape index (κ3) is 1.55. The van der Waals surface area contributed by atoms with Gasteiger partial charge in [-0.15, -0.1) is 0 Å². The molecule has 1 atom stereocenters. The molecule has 112 valence electrons. The Balaban J connectivity index is 2.17. The number of hydrogen-bond donors (Lipinski definition) is 1. The van der Waals surface area contributed by atoms with E-state index in [4.69, 9.17) is 18.9 Å². The van der Waals surface area contributed by atoms with E-state index >= 15 is 0 Å². The van der Waals surface area contributed by atoms with Crippen LogP contribution in [0.25, 0.3) is 16.5 Å². The number of methoxy groups -OCH3 is 2. The molecule has 1 N–H and O–H groups in total. The predicted octanol–water partition coefficient (Wildman–Crippen LogP) is 2.04. The normalized spacial score (nSPS) is 18.9. The summed E-state index contributed by atoms with van der Waals surface area (Å²) in [5.41, 5.74) is 0.995. The van der Waals surface area contributed by atoms with Gasteiger partial charge in [-0.3, -0.25) is 0 Å². The zero-order valence-corrected chi connectivity index (χ0v) is 11.9. The van der Waals surface area contributed by atoms with E-state index in [-0.39, 0.29) is 11.5 Å². The van der Waals surface area contributed by atoms with Crippen LogP contribution in [-0.4, -0.2) is 31.6 Å². The Hall–Kier alpha value is -2.73. The first-order valence-corrected chi connectivity index (χ1v) is 6.64. The third-order valence-corrected chi connectivity index (χ3v) is 3.84. The fourth-order valence-electron chi connectivity index (χ4n) is 2.87. The van der Waals surface area contributed by atoms with E-state index in [1.165, 1.54) is 7.11 Å². The highest BCUT2D eigenvalue weighted by Crippen LogP contribution is 2.46. The lowest BCUT2D eigenvalue weighted by molar-refractivity contribution is -0.0238. The van der Waals surface area contributed by atoms with Crippen molar-refractivity contribution in [1.82, 2.24) is 0 Å². The predicted molar refractivity (Wildman–Crippen MR) is 76.5 cm³/mol. The molecule has 0 fully saturated rings. The van der Waals surface area contributed by atoms with E-state index in [1.54, 1.807) is 25.3 Å². The smallest absolute Gasteiger partial charge is 0.344 e. The number of hydrogen-bond acceptors (Lipinski definition) is 6. The first-order valence-electron chi connectivity index (χ1n) is 6.64. The maximum Gasteiger partial charge on any atom is 0.344 e. The van der Waals surface area contributed by atoms with Crippen molar-refractivity contribution in [2.45, 2.75) is 6.29 Å². The summed E-state index contributed by atoms with van der Waals surface area (Å²) in [5.74, 6) is 0.778. The largest absolute Gasteiger partial charge is 0.497 e. The van der Waals surface area contributed by atoms with Crippen molar-refractivity contribution in [1.29, 1.82) is 0 Å². The summed E-state index contributed by atoms with van der Waals surface area (Å²) >= 11 is 0. The Morgan fingerprint density at radius 3 is 2.73 bits per heavy atom. The second kappa shape index (κ2) is 4.38. The molecule has 0 aromatic heterocycles. The minimum Gasteiger partial charge on any atom is -0.497 e. The molecule has 1 unspecified atom stereocenters. The van der Waals surface area contributed by atoms with Gasteiger partial charge in [0.2, 0.25) is 5.76 Å². The zero-order valence-electron chi connectivity index (χ0n) is 11.9.